The molecule has 1 aromatic carbocycles. The van der Waals surface area contributed by atoms with Crippen LogP contribution in [0.15, 0.2) is 18.2 Å². The van der Waals surface area contributed by atoms with Crippen LogP contribution < -0.4 is 4.74 Å². The number of benzene rings is 1. The molecule has 7 nitrogen and oxygen atoms in total. The van der Waals surface area contributed by atoms with Gasteiger partial charge in [-0.05, 0) is 55.2 Å². The molecule has 1 heterocycles. The number of carbonyl (C=O) groups is 3. The van der Waals surface area contributed by atoms with E-state index in [0.717, 1.165) is 12.8 Å². The molecule has 0 radical (unpaired) electrons. The Labute approximate surface area is 204 Å². The lowest BCUT2D eigenvalue weighted by molar-refractivity contribution is -0.140. The van der Waals surface area contributed by atoms with Gasteiger partial charge in [0.05, 0.1) is 13.0 Å². The largest absolute Gasteiger partial charge is 0.493 e. The number of hydrogen-bond acceptors (Lipinski definition) is 4. The van der Waals surface area contributed by atoms with Gasteiger partial charge in [-0.15, -0.1) is 0 Å². The zero-order chi connectivity index (χ0) is 25.4. The van der Waals surface area contributed by atoms with E-state index in [4.69, 9.17) is 4.74 Å². The fraction of sp³-hybridized carbons (Fsp3) is 0.667. The molecule has 0 aromatic heterocycles. The number of carboxylic acids is 1. The number of hydrogen-bond donors (Lipinski definition) is 1. The van der Waals surface area contributed by atoms with Crippen LogP contribution in [0.5, 0.6) is 5.75 Å². The first kappa shape index (κ1) is 27.7. The maximum atomic E-state index is 13.6. The molecule has 1 atom stereocenters. The number of rotatable bonds is 12. The number of carbonyl (C=O) groups excluding carboxylic acids is 2. The van der Waals surface area contributed by atoms with Crippen molar-refractivity contribution in [3.8, 4) is 5.75 Å². The van der Waals surface area contributed by atoms with Crippen LogP contribution in [0, 0.1) is 17.8 Å². The van der Waals surface area contributed by atoms with E-state index in [-0.39, 0.29) is 18.2 Å². The minimum Gasteiger partial charge on any atom is -0.493 e. The molecule has 0 bridgehead atoms. The second-order valence-corrected chi connectivity index (χ2v) is 10.6. The lowest BCUT2D eigenvalue weighted by Gasteiger charge is -2.41. The Morgan fingerprint density at radius 2 is 1.71 bits per heavy atom. The van der Waals surface area contributed by atoms with E-state index in [1.165, 1.54) is 0 Å². The summed E-state index contributed by atoms with van der Waals surface area (Å²) < 4.78 is 5.79. The average Bonchev–Trinajstić information content (AvgIpc) is 2.75. The van der Waals surface area contributed by atoms with E-state index in [1.54, 1.807) is 23.1 Å². The lowest BCUT2D eigenvalue weighted by atomic mass is 9.97. The normalized spacial score (nSPS) is 16.6. The van der Waals surface area contributed by atoms with E-state index in [0.29, 0.717) is 67.3 Å². The second-order valence-electron chi connectivity index (χ2n) is 10.6. The minimum absolute atomic E-state index is 0.0172. The van der Waals surface area contributed by atoms with Crippen LogP contribution in [0.2, 0.25) is 0 Å². The van der Waals surface area contributed by atoms with Crippen molar-refractivity contribution in [1.82, 2.24) is 9.80 Å². The van der Waals surface area contributed by atoms with Crippen LogP contribution in [0.25, 0.3) is 0 Å². The topological polar surface area (TPSA) is 87.2 Å². The molecule has 7 heteroatoms. The monoisotopic (exact) mass is 474 g/mol. The van der Waals surface area contributed by atoms with E-state index in [1.807, 2.05) is 18.7 Å². The SMILES string of the molecule is CC(C)CC[C@@H]1C(=O)N(CCC(C)C)CCN1C(=O)c1ccc(OCC(C)C)c(CC(=O)O)c1. The third-order valence-electron chi connectivity index (χ3n) is 6.06. The van der Waals surface area contributed by atoms with Gasteiger partial charge in [-0.3, -0.25) is 14.4 Å². The smallest absolute Gasteiger partial charge is 0.307 e. The number of aliphatic carboxylic acids is 1. The molecule has 2 rings (SSSR count). The predicted octanol–water partition coefficient (Wildman–Crippen LogP) is 4.48. The molecule has 0 saturated carbocycles. The molecule has 34 heavy (non-hydrogen) atoms. The molecule has 1 N–H and O–H groups in total. The van der Waals surface area contributed by atoms with E-state index in [2.05, 4.69) is 27.7 Å². The lowest BCUT2D eigenvalue weighted by Crippen LogP contribution is -2.59. The number of nitrogens with zero attached hydrogens (tertiary/aromatic N) is 2. The van der Waals surface area contributed by atoms with Gasteiger partial charge in [0.2, 0.25) is 5.91 Å². The van der Waals surface area contributed by atoms with Gasteiger partial charge in [0.15, 0.2) is 0 Å². The molecule has 190 valence electrons. The number of piperazine rings is 1. The van der Waals surface area contributed by atoms with E-state index in [9.17, 15) is 19.5 Å². The molecular formula is C27H42N2O5. The molecule has 1 aliphatic heterocycles. The van der Waals surface area contributed by atoms with Crippen LogP contribution in [0.3, 0.4) is 0 Å². The number of carboxylic acid groups (broad SMARTS) is 1. The van der Waals surface area contributed by atoms with Crippen LogP contribution in [0.4, 0.5) is 0 Å². The van der Waals surface area contributed by atoms with Crippen molar-refractivity contribution in [3.05, 3.63) is 29.3 Å². The first-order chi connectivity index (χ1) is 16.0. The molecular weight excluding hydrogens is 432 g/mol. The Kier molecular flexibility index (Phi) is 10.4. The van der Waals surface area contributed by atoms with Crippen molar-refractivity contribution in [2.24, 2.45) is 17.8 Å². The first-order valence-corrected chi connectivity index (χ1v) is 12.6. The summed E-state index contributed by atoms with van der Waals surface area (Å²) in [5, 5.41) is 9.36. The van der Waals surface area contributed by atoms with E-state index >= 15 is 0 Å². The van der Waals surface area contributed by atoms with E-state index < -0.39 is 12.0 Å². The second kappa shape index (κ2) is 12.8. The highest BCUT2D eigenvalue weighted by Crippen LogP contribution is 2.26. The average molecular weight is 475 g/mol. The summed E-state index contributed by atoms with van der Waals surface area (Å²) in [6.07, 6.45) is 2.18. The summed E-state index contributed by atoms with van der Waals surface area (Å²) in [6.45, 7) is 14.7. The summed E-state index contributed by atoms with van der Waals surface area (Å²) in [4.78, 5) is 41.9. The summed E-state index contributed by atoms with van der Waals surface area (Å²) in [5.74, 6) is 0.511. The van der Waals surface area contributed by atoms with Gasteiger partial charge in [0.1, 0.15) is 11.8 Å². The Balaban J connectivity index is 2.29. The van der Waals surface area contributed by atoms with Crippen LogP contribution >= 0.6 is 0 Å². The molecule has 1 aliphatic rings. The standard InChI is InChI=1S/C27H42N2O5/c1-18(2)7-9-23-27(33)28(12-11-19(3)4)13-14-29(23)26(32)21-8-10-24(34-17-20(5)6)22(15-21)16-25(30)31/h8,10,15,18-20,23H,7,9,11-14,16-17H2,1-6H3,(H,30,31)/t23-/m1/s1. The van der Waals surface area contributed by atoms with Crippen LogP contribution in [-0.2, 0) is 16.0 Å². The number of ether oxygens (including phenoxy) is 1. The Morgan fingerprint density at radius 3 is 2.29 bits per heavy atom. The highest BCUT2D eigenvalue weighted by Gasteiger charge is 2.37. The molecule has 0 aliphatic carbocycles. The molecule has 1 fully saturated rings. The Hall–Kier alpha value is -2.57. The van der Waals surface area contributed by atoms with Crippen molar-refractivity contribution in [3.63, 3.8) is 0 Å². The molecule has 2 amide bonds. The molecule has 0 unspecified atom stereocenters. The van der Waals surface area contributed by atoms with Gasteiger partial charge in [0, 0.05) is 30.8 Å². The predicted molar refractivity (Wildman–Crippen MR) is 133 cm³/mol. The quantitative estimate of drug-likeness (QED) is 0.482. The fourth-order valence-corrected chi connectivity index (χ4v) is 4.06. The highest BCUT2D eigenvalue weighted by molar-refractivity contribution is 5.98. The van der Waals surface area contributed by atoms with Gasteiger partial charge in [-0.2, -0.15) is 0 Å². The maximum Gasteiger partial charge on any atom is 0.307 e. The van der Waals surface area contributed by atoms with Crippen molar-refractivity contribution >= 4 is 17.8 Å². The van der Waals surface area contributed by atoms with Crippen molar-refractivity contribution in [2.75, 3.05) is 26.2 Å². The third kappa shape index (κ3) is 8.03. The Bertz CT molecular complexity index is 849. The summed E-state index contributed by atoms with van der Waals surface area (Å²) >= 11 is 0. The summed E-state index contributed by atoms with van der Waals surface area (Å²) in [5.41, 5.74) is 0.866. The highest BCUT2D eigenvalue weighted by atomic mass is 16.5. The zero-order valence-electron chi connectivity index (χ0n) is 21.7. The van der Waals surface area contributed by atoms with Crippen molar-refractivity contribution in [2.45, 2.75) is 73.3 Å². The van der Waals surface area contributed by atoms with Gasteiger partial charge < -0.3 is 19.6 Å². The third-order valence-corrected chi connectivity index (χ3v) is 6.06. The van der Waals surface area contributed by atoms with Gasteiger partial charge in [-0.25, -0.2) is 0 Å². The Morgan fingerprint density at radius 1 is 1.03 bits per heavy atom. The first-order valence-electron chi connectivity index (χ1n) is 12.6. The molecule has 0 spiro atoms. The van der Waals surface area contributed by atoms with Crippen molar-refractivity contribution < 1.29 is 24.2 Å². The maximum absolute atomic E-state index is 13.6. The van der Waals surface area contributed by atoms with Gasteiger partial charge >= 0.3 is 5.97 Å². The summed E-state index contributed by atoms with van der Waals surface area (Å²) in [6, 6.07) is 4.48. The van der Waals surface area contributed by atoms with Crippen molar-refractivity contribution in [1.29, 1.82) is 0 Å². The fourth-order valence-electron chi connectivity index (χ4n) is 4.06. The van der Waals surface area contributed by atoms with Crippen LogP contribution in [-0.4, -0.2) is 65.0 Å². The minimum atomic E-state index is -0.984. The summed E-state index contributed by atoms with van der Waals surface area (Å²) in [7, 11) is 0. The van der Waals surface area contributed by atoms with Gasteiger partial charge in [-0.1, -0.05) is 41.5 Å². The zero-order valence-corrected chi connectivity index (χ0v) is 21.7. The van der Waals surface area contributed by atoms with Gasteiger partial charge in [0.25, 0.3) is 5.91 Å². The molecule has 1 saturated heterocycles. The van der Waals surface area contributed by atoms with Crippen LogP contribution in [0.1, 0.15) is 76.7 Å². The molecule has 1 aromatic rings. The number of amides is 2.